The van der Waals surface area contributed by atoms with Crippen LogP contribution >= 0.6 is 11.8 Å². The number of anilines is 1. The van der Waals surface area contributed by atoms with Gasteiger partial charge in [-0.25, -0.2) is 13.9 Å². The molecule has 0 spiro atoms. The van der Waals surface area contributed by atoms with E-state index in [1.807, 2.05) is 36.5 Å². The zero-order valence-electron chi connectivity index (χ0n) is 15.5. The molecule has 0 unspecified atom stereocenters. The molecule has 146 valence electrons. The zero-order chi connectivity index (χ0) is 20.2. The van der Waals surface area contributed by atoms with Crippen molar-refractivity contribution < 1.29 is 13.9 Å². The molecule has 1 amide bonds. The van der Waals surface area contributed by atoms with E-state index in [9.17, 15) is 9.18 Å². The van der Waals surface area contributed by atoms with Crippen molar-refractivity contribution in [3.63, 3.8) is 0 Å². The molecular weight excluding hydrogens is 391 g/mol. The van der Waals surface area contributed by atoms with Crippen LogP contribution in [0.5, 0.6) is 5.75 Å². The van der Waals surface area contributed by atoms with Crippen LogP contribution in [0.15, 0.2) is 71.9 Å². The summed E-state index contributed by atoms with van der Waals surface area (Å²) in [4.78, 5) is 16.7. The van der Waals surface area contributed by atoms with Gasteiger partial charge in [0.25, 0.3) is 0 Å². The van der Waals surface area contributed by atoms with E-state index in [0.29, 0.717) is 10.7 Å². The second kappa shape index (κ2) is 8.32. The number of halogens is 1. The first-order chi connectivity index (χ1) is 14.1. The monoisotopic (exact) mass is 408 g/mol. The first kappa shape index (κ1) is 18.9. The minimum atomic E-state index is -0.463. The maximum atomic E-state index is 13.6. The molecule has 6 nitrogen and oxygen atoms in total. The Morgan fingerprint density at radius 2 is 1.93 bits per heavy atom. The van der Waals surface area contributed by atoms with Crippen molar-refractivity contribution in [1.82, 2.24) is 14.6 Å². The summed E-state index contributed by atoms with van der Waals surface area (Å²) in [6, 6.07) is 17.3. The van der Waals surface area contributed by atoms with Crippen molar-refractivity contribution in [3.8, 4) is 17.0 Å². The number of benzene rings is 2. The van der Waals surface area contributed by atoms with Crippen LogP contribution in [-0.4, -0.2) is 33.4 Å². The Morgan fingerprint density at radius 3 is 2.69 bits per heavy atom. The predicted molar refractivity (Wildman–Crippen MR) is 111 cm³/mol. The van der Waals surface area contributed by atoms with Crippen LogP contribution in [0.4, 0.5) is 10.1 Å². The highest BCUT2D eigenvalue weighted by Gasteiger charge is 2.10. The fourth-order valence-corrected chi connectivity index (χ4v) is 3.39. The summed E-state index contributed by atoms with van der Waals surface area (Å²) in [6.45, 7) is 0. The van der Waals surface area contributed by atoms with Crippen molar-refractivity contribution in [2.45, 2.75) is 5.03 Å². The van der Waals surface area contributed by atoms with Crippen LogP contribution in [0.25, 0.3) is 16.9 Å². The topological polar surface area (TPSA) is 68.5 Å². The molecule has 0 atom stereocenters. The second-order valence-corrected chi connectivity index (χ2v) is 7.14. The Bertz CT molecular complexity index is 1160. The minimum Gasteiger partial charge on any atom is -0.497 e. The summed E-state index contributed by atoms with van der Waals surface area (Å²) in [6.07, 6.45) is 1.83. The lowest BCUT2D eigenvalue weighted by atomic mass is 10.2. The molecule has 29 heavy (non-hydrogen) atoms. The van der Waals surface area contributed by atoms with Gasteiger partial charge >= 0.3 is 0 Å². The van der Waals surface area contributed by atoms with E-state index in [1.165, 1.54) is 23.9 Å². The molecular formula is C21H17FN4O2S. The fraction of sp³-hybridized carbons (Fsp3) is 0.0952. The number of carbonyl (C=O) groups is 1. The number of ether oxygens (including phenoxy) is 1. The number of rotatable bonds is 6. The average molecular weight is 408 g/mol. The van der Waals surface area contributed by atoms with Crippen LogP contribution in [0, 0.1) is 5.82 Å². The van der Waals surface area contributed by atoms with Crippen LogP contribution in [0.3, 0.4) is 0 Å². The molecule has 0 aliphatic carbocycles. The van der Waals surface area contributed by atoms with E-state index >= 15 is 0 Å². The Balaban J connectivity index is 1.44. The maximum Gasteiger partial charge on any atom is 0.234 e. The molecule has 4 rings (SSSR count). The van der Waals surface area contributed by atoms with Crippen molar-refractivity contribution in [2.24, 2.45) is 0 Å². The molecule has 2 aromatic carbocycles. The molecule has 0 bridgehead atoms. The highest BCUT2D eigenvalue weighted by atomic mass is 32.2. The van der Waals surface area contributed by atoms with E-state index in [0.717, 1.165) is 17.0 Å². The first-order valence-corrected chi connectivity index (χ1v) is 9.79. The van der Waals surface area contributed by atoms with Gasteiger partial charge < -0.3 is 10.1 Å². The molecule has 2 aromatic heterocycles. The van der Waals surface area contributed by atoms with Crippen molar-refractivity contribution in [2.75, 3.05) is 18.2 Å². The summed E-state index contributed by atoms with van der Waals surface area (Å²) >= 11 is 1.27. The van der Waals surface area contributed by atoms with E-state index in [4.69, 9.17) is 4.74 Å². The van der Waals surface area contributed by atoms with Crippen molar-refractivity contribution in [1.29, 1.82) is 0 Å². The van der Waals surface area contributed by atoms with Gasteiger partial charge in [-0.15, -0.1) is 0 Å². The number of fused-ring (bicyclic) bond motifs is 1. The fourth-order valence-electron chi connectivity index (χ4n) is 2.73. The van der Waals surface area contributed by atoms with Gasteiger partial charge in [-0.1, -0.05) is 23.9 Å². The van der Waals surface area contributed by atoms with E-state index < -0.39 is 5.82 Å². The van der Waals surface area contributed by atoms with Crippen LogP contribution in [0.2, 0.25) is 0 Å². The highest BCUT2D eigenvalue weighted by Crippen LogP contribution is 2.23. The average Bonchev–Trinajstić information content (AvgIpc) is 3.17. The Hall–Kier alpha value is -3.39. The first-order valence-electron chi connectivity index (χ1n) is 8.80. The third-order valence-electron chi connectivity index (χ3n) is 4.18. The second-order valence-electron chi connectivity index (χ2n) is 6.15. The molecule has 0 saturated carbocycles. The third-order valence-corrected chi connectivity index (χ3v) is 5.10. The van der Waals surface area contributed by atoms with Crippen LogP contribution in [-0.2, 0) is 4.79 Å². The normalized spacial score (nSPS) is 10.8. The molecule has 0 fully saturated rings. The maximum absolute atomic E-state index is 13.6. The number of imidazole rings is 1. The van der Waals surface area contributed by atoms with Gasteiger partial charge in [0.05, 0.1) is 30.4 Å². The quantitative estimate of drug-likeness (QED) is 0.483. The van der Waals surface area contributed by atoms with Gasteiger partial charge in [0.15, 0.2) is 5.65 Å². The number of para-hydroxylation sites is 1. The number of hydrogen-bond donors (Lipinski definition) is 1. The Morgan fingerprint density at radius 1 is 1.14 bits per heavy atom. The smallest absolute Gasteiger partial charge is 0.234 e. The zero-order valence-corrected chi connectivity index (χ0v) is 16.3. The highest BCUT2D eigenvalue weighted by molar-refractivity contribution is 7.99. The summed E-state index contributed by atoms with van der Waals surface area (Å²) in [7, 11) is 1.62. The summed E-state index contributed by atoms with van der Waals surface area (Å²) in [5.41, 5.74) is 2.62. The molecule has 1 N–H and O–H groups in total. The summed E-state index contributed by atoms with van der Waals surface area (Å²) < 4.78 is 20.5. The Kier molecular flexibility index (Phi) is 5.44. The molecule has 0 aliphatic heterocycles. The van der Waals surface area contributed by atoms with Gasteiger partial charge in [-0.05, 0) is 48.5 Å². The molecule has 2 heterocycles. The van der Waals surface area contributed by atoms with Crippen molar-refractivity contribution >= 4 is 29.0 Å². The standard InChI is InChI=1S/C21H17FN4O2S/c1-28-15-8-6-14(7-9-15)18-12-26-19(23-18)10-11-21(25-26)29-13-20(27)24-17-5-3-2-4-16(17)22/h2-12H,13H2,1H3,(H,24,27). The molecule has 0 aliphatic rings. The number of aromatic nitrogens is 3. The lowest BCUT2D eigenvalue weighted by molar-refractivity contribution is -0.113. The third kappa shape index (κ3) is 4.38. The summed E-state index contributed by atoms with van der Waals surface area (Å²) in [5.74, 6) is 0.136. The Labute approximate surface area is 170 Å². The number of amides is 1. The summed E-state index contributed by atoms with van der Waals surface area (Å²) in [5, 5.41) is 7.72. The van der Waals surface area contributed by atoms with E-state index in [1.54, 1.807) is 29.8 Å². The number of thioether (sulfide) groups is 1. The van der Waals surface area contributed by atoms with Crippen molar-refractivity contribution in [3.05, 3.63) is 72.7 Å². The lowest BCUT2D eigenvalue weighted by Gasteiger charge is -2.05. The van der Waals surface area contributed by atoms with Crippen LogP contribution in [0.1, 0.15) is 0 Å². The van der Waals surface area contributed by atoms with E-state index in [2.05, 4.69) is 15.4 Å². The van der Waals surface area contributed by atoms with Gasteiger partial charge in [-0.2, -0.15) is 5.10 Å². The number of hydrogen-bond acceptors (Lipinski definition) is 5. The lowest BCUT2D eigenvalue weighted by Crippen LogP contribution is -2.15. The number of nitrogens with zero attached hydrogens (tertiary/aromatic N) is 3. The molecule has 0 saturated heterocycles. The molecule has 8 heteroatoms. The van der Waals surface area contributed by atoms with Gasteiger partial charge in [0.1, 0.15) is 16.6 Å². The molecule has 4 aromatic rings. The van der Waals surface area contributed by atoms with Gasteiger partial charge in [0, 0.05) is 5.56 Å². The van der Waals surface area contributed by atoms with E-state index in [-0.39, 0.29) is 17.3 Å². The van der Waals surface area contributed by atoms with Gasteiger partial charge in [-0.3, -0.25) is 4.79 Å². The predicted octanol–water partition coefficient (Wildman–Crippen LogP) is 4.27. The molecule has 0 radical (unpaired) electrons. The van der Waals surface area contributed by atoms with Crippen LogP contribution < -0.4 is 10.1 Å². The SMILES string of the molecule is COc1ccc(-c2cn3nc(SCC(=O)Nc4ccccc4F)ccc3n2)cc1. The number of carbonyl (C=O) groups excluding carboxylic acids is 1. The minimum absolute atomic E-state index is 0.118. The largest absolute Gasteiger partial charge is 0.497 e. The van der Waals surface area contributed by atoms with Gasteiger partial charge in [0.2, 0.25) is 5.91 Å². The number of methoxy groups -OCH3 is 1. The number of nitrogens with one attached hydrogen (secondary N) is 1.